The number of benzene rings is 2. The highest BCUT2D eigenvalue weighted by Gasteiger charge is 2.24. The first-order chi connectivity index (χ1) is 10.7. The van der Waals surface area contributed by atoms with Crippen LogP contribution in [0.5, 0.6) is 11.5 Å². The molecule has 2 aliphatic heterocycles. The first-order valence-corrected chi connectivity index (χ1v) is 7.19. The number of carbonyl (C=O) groups is 1. The van der Waals surface area contributed by atoms with Gasteiger partial charge < -0.3 is 14.8 Å². The first kappa shape index (κ1) is 13.0. The summed E-state index contributed by atoms with van der Waals surface area (Å²) < 4.78 is 10.7. The lowest BCUT2D eigenvalue weighted by Crippen LogP contribution is -2.35. The molecule has 0 saturated carbocycles. The maximum atomic E-state index is 12.3. The zero-order chi connectivity index (χ0) is 15.1. The number of nitrogens with one attached hydrogen (secondary N) is 1. The van der Waals surface area contributed by atoms with Crippen molar-refractivity contribution in [3.63, 3.8) is 0 Å². The van der Waals surface area contributed by atoms with E-state index in [1.807, 2.05) is 48.5 Å². The van der Waals surface area contributed by atoms with Crippen LogP contribution in [-0.4, -0.2) is 17.7 Å². The van der Waals surface area contributed by atoms with E-state index in [1.165, 1.54) is 0 Å². The molecule has 0 atom stereocenters. The fourth-order valence-electron chi connectivity index (χ4n) is 2.59. The van der Waals surface area contributed by atoms with Crippen molar-refractivity contribution in [3.05, 3.63) is 59.2 Å². The molecule has 2 heterocycles. The van der Waals surface area contributed by atoms with Gasteiger partial charge in [-0.1, -0.05) is 42.5 Å². The monoisotopic (exact) mass is 309 g/mol. The van der Waals surface area contributed by atoms with Gasteiger partial charge in [-0.3, -0.25) is 4.79 Å². The van der Waals surface area contributed by atoms with Gasteiger partial charge in [0.1, 0.15) is 4.99 Å². The van der Waals surface area contributed by atoms with Gasteiger partial charge in [0.2, 0.25) is 6.79 Å². The largest absolute Gasteiger partial charge is 0.454 e. The third-order valence-corrected chi connectivity index (χ3v) is 3.96. The summed E-state index contributed by atoms with van der Waals surface area (Å²) >= 11 is 5.22. The third-order valence-electron chi connectivity index (χ3n) is 3.64. The highest BCUT2D eigenvalue weighted by Crippen LogP contribution is 2.34. The van der Waals surface area contributed by atoms with Gasteiger partial charge in [-0.05, 0) is 29.3 Å². The van der Waals surface area contributed by atoms with Crippen molar-refractivity contribution in [2.45, 2.75) is 0 Å². The second-order valence-corrected chi connectivity index (χ2v) is 5.41. The Bertz CT molecular complexity index is 842. The van der Waals surface area contributed by atoms with E-state index in [0.717, 1.165) is 22.4 Å². The average molecular weight is 309 g/mol. The van der Waals surface area contributed by atoms with Crippen molar-refractivity contribution in [3.8, 4) is 11.5 Å². The van der Waals surface area contributed by atoms with E-state index in [1.54, 1.807) is 0 Å². The van der Waals surface area contributed by atoms with E-state index in [-0.39, 0.29) is 12.7 Å². The van der Waals surface area contributed by atoms with Crippen molar-refractivity contribution < 1.29 is 14.3 Å². The van der Waals surface area contributed by atoms with Crippen molar-refractivity contribution in [2.75, 3.05) is 6.79 Å². The van der Waals surface area contributed by atoms with Crippen molar-refractivity contribution in [1.82, 2.24) is 5.32 Å². The van der Waals surface area contributed by atoms with E-state index in [2.05, 4.69) is 5.32 Å². The summed E-state index contributed by atoms with van der Waals surface area (Å²) in [6.07, 6.45) is 1.83. The molecule has 1 amide bonds. The molecule has 1 N–H and O–H groups in total. The van der Waals surface area contributed by atoms with Crippen molar-refractivity contribution in [1.29, 1.82) is 0 Å². The summed E-state index contributed by atoms with van der Waals surface area (Å²) in [4.78, 5) is 12.7. The molecule has 0 fully saturated rings. The Labute approximate surface area is 132 Å². The molecule has 0 aromatic heterocycles. The summed E-state index contributed by atoms with van der Waals surface area (Å²) in [6, 6.07) is 13.2. The predicted octanol–water partition coefficient (Wildman–Crippen LogP) is 2.76. The molecule has 2 aromatic carbocycles. The minimum atomic E-state index is -0.193. The van der Waals surface area contributed by atoms with E-state index in [0.29, 0.717) is 16.3 Å². The maximum Gasteiger partial charge on any atom is 0.256 e. The Hall–Kier alpha value is -2.66. The van der Waals surface area contributed by atoms with E-state index in [9.17, 15) is 4.79 Å². The maximum absolute atomic E-state index is 12.3. The molecule has 0 radical (unpaired) electrons. The van der Waals surface area contributed by atoms with Gasteiger partial charge in [0.05, 0.1) is 0 Å². The minimum Gasteiger partial charge on any atom is -0.454 e. The van der Waals surface area contributed by atoms with Gasteiger partial charge in [0.25, 0.3) is 5.91 Å². The number of thiocarbonyl (C=S) groups is 1. The normalized spacial score (nSPS) is 17.4. The molecule has 0 aliphatic carbocycles. The first-order valence-electron chi connectivity index (χ1n) is 6.79. The molecule has 22 heavy (non-hydrogen) atoms. The Kier molecular flexibility index (Phi) is 2.94. The third kappa shape index (κ3) is 2.07. The molecular weight excluding hydrogens is 298 g/mol. The van der Waals surface area contributed by atoms with Crippen LogP contribution in [0, 0.1) is 0 Å². The predicted molar refractivity (Wildman–Crippen MR) is 86.7 cm³/mol. The van der Waals surface area contributed by atoms with Crippen LogP contribution in [0.1, 0.15) is 16.7 Å². The summed E-state index contributed by atoms with van der Waals surface area (Å²) in [7, 11) is 0. The van der Waals surface area contributed by atoms with Crippen molar-refractivity contribution in [2.24, 2.45) is 0 Å². The molecular formula is C17H11NO3S. The Morgan fingerprint density at radius 2 is 1.82 bits per heavy atom. The number of hydrogen-bond donors (Lipinski definition) is 1. The number of fused-ring (bicyclic) bond motifs is 2. The Morgan fingerprint density at radius 1 is 1.05 bits per heavy atom. The number of rotatable bonds is 1. The van der Waals surface area contributed by atoms with Crippen LogP contribution in [0.3, 0.4) is 0 Å². The van der Waals surface area contributed by atoms with Crippen LogP contribution in [0.4, 0.5) is 0 Å². The summed E-state index contributed by atoms with van der Waals surface area (Å²) in [5.74, 6) is 1.22. The van der Waals surface area contributed by atoms with Crippen LogP contribution in [-0.2, 0) is 4.79 Å². The van der Waals surface area contributed by atoms with Crippen LogP contribution in [0.25, 0.3) is 11.6 Å². The molecule has 108 valence electrons. The van der Waals surface area contributed by atoms with Gasteiger partial charge in [-0.25, -0.2) is 0 Å². The minimum absolute atomic E-state index is 0.193. The summed E-state index contributed by atoms with van der Waals surface area (Å²) in [5.41, 5.74) is 3.16. The number of amides is 1. The zero-order valence-corrected chi connectivity index (χ0v) is 12.3. The van der Waals surface area contributed by atoms with Gasteiger partial charge in [-0.2, -0.15) is 0 Å². The van der Waals surface area contributed by atoms with Crippen LogP contribution < -0.4 is 14.8 Å². The Balaban J connectivity index is 1.83. The quantitative estimate of drug-likeness (QED) is 0.650. The van der Waals surface area contributed by atoms with Gasteiger partial charge in [0, 0.05) is 11.1 Å². The topological polar surface area (TPSA) is 47.6 Å². The number of hydrogen-bond acceptors (Lipinski definition) is 4. The Morgan fingerprint density at radius 3 is 2.68 bits per heavy atom. The molecule has 4 nitrogen and oxygen atoms in total. The lowest BCUT2D eigenvalue weighted by atomic mass is 9.94. The number of carbonyl (C=O) groups excluding carboxylic acids is 1. The van der Waals surface area contributed by atoms with Gasteiger partial charge in [0.15, 0.2) is 11.5 Å². The molecule has 0 unspecified atom stereocenters. The molecule has 0 spiro atoms. The molecule has 2 aliphatic rings. The summed E-state index contributed by atoms with van der Waals surface area (Å²) in [5, 5.41) is 2.73. The second-order valence-electron chi connectivity index (χ2n) is 5.00. The van der Waals surface area contributed by atoms with Gasteiger partial charge >= 0.3 is 0 Å². The second kappa shape index (κ2) is 4.96. The average Bonchev–Trinajstić information content (AvgIpc) is 2.99. The highest BCUT2D eigenvalue weighted by molar-refractivity contribution is 7.80. The van der Waals surface area contributed by atoms with E-state index < -0.39 is 0 Å². The van der Waals surface area contributed by atoms with Crippen molar-refractivity contribution >= 4 is 34.8 Å². The van der Waals surface area contributed by atoms with Crippen LogP contribution in [0.15, 0.2) is 42.5 Å². The molecule has 0 saturated heterocycles. The lowest BCUT2D eigenvalue weighted by molar-refractivity contribution is -0.114. The zero-order valence-electron chi connectivity index (χ0n) is 11.5. The van der Waals surface area contributed by atoms with E-state index >= 15 is 0 Å². The lowest BCUT2D eigenvalue weighted by Gasteiger charge is -2.20. The van der Waals surface area contributed by atoms with Crippen LogP contribution >= 0.6 is 12.2 Å². The fraction of sp³-hybridized carbons (Fsp3) is 0.0588. The SMILES string of the molecule is O=C1NC(=S)c2ccccc2C1=Cc1ccc2c(c1)OCO2. The summed E-state index contributed by atoms with van der Waals surface area (Å²) in [6.45, 7) is 0.229. The van der Waals surface area contributed by atoms with Crippen LogP contribution in [0.2, 0.25) is 0 Å². The smallest absolute Gasteiger partial charge is 0.256 e. The molecule has 5 heteroatoms. The number of ether oxygens (including phenoxy) is 2. The molecule has 0 bridgehead atoms. The standard InChI is InChI=1S/C17H11NO3S/c19-16-13(11-3-1-2-4-12(11)17(22)18-16)7-10-5-6-14-15(8-10)21-9-20-14/h1-8H,9H2,(H,18,19,22). The molecule has 4 rings (SSSR count). The van der Waals surface area contributed by atoms with Gasteiger partial charge in [-0.15, -0.1) is 0 Å². The molecule has 2 aromatic rings. The fourth-order valence-corrected chi connectivity index (χ4v) is 2.86. The van der Waals surface area contributed by atoms with E-state index in [4.69, 9.17) is 21.7 Å². The highest BCUT2D eigenvalue weighted by atomic mass is 32.1.